The Balaban J connectivity index is 1.36. The van der Waals surface area contributed by atoms with E-state index < -0.39 is 0 Å². The van der Waals surface area contributed by atoms with Crippen LogP contribution in [-0.4, -0.2) is 45.8 Å². The van der Waals surface area contributed by atoms with E-state index >= 15 is 0 Å². The van der Waals surface area contributed by atoms with Gasteiger partial charge in [-0.3, -0.25) is 0 Å². The molecular formula is C27H23ClIN6-. The molecule has 0 amide bonds. The van der Waals surface area contributed by atoms with Crippen molar-refractivity contribution in [1.29, 1.82) is 0 Å². The molecule has 3 aromatic heterocycles. The number of hydrogen-bond acceptors (Lipinski definition) is 5. The van der Waals surface area contributed by atoms with Gasteiger partial charge in [0.15, 0.2) is 0 Å². The Bertz CT molecular complexity index is 1540. The number of nitrogens with zero attached hydrogens (tertiary/aromatic N) is 5. The van der Waals surface area contributed by atoms with Gasteiger partial charge in [-0.05, 0) is 12.1 Å². The predicted octanol–water partition coefficient (Wildman–Crippen LogP) is 2.08. The van der Waals surface area contributed by atoms with E-state index in [1.165, 1.54) is 9.26 Å². The quantitative estimate of drug-likeness (QED) is 0.250. The molecular weight excluding hydrogens is 571 g/mol. The molecule has 1 saturated heterocycles. The van der Waals surface area contributed by atoms with Crippen LogP contribution < -0.4 is 31.4 Å². The summed E-state index contributed by atoms with van der Waals surface area (Å²) in [6.45, 7) is 8.00. The molecule has 0 atom stereocenters. The van der Waals surface area contributed by atoms with E-state index in [1.807, 2.05) is 33.3 Å². The number of pyridine rings is 1. The van der Waals surface area contributed by atoms with E-state index in [1.54, 1.807) is 0 Å². The maximum atomic E-state index is 6.42. The van der Waals surface area contributed by atoms with Crippen molar-refractivity contribution < 1.29 is 21.2 Å². The molecule has 1 N–H and O–H groups in total. The van der Waals surface area contributed by atoms with E-state index in [2.05, 4.69) is 69.3 Å². The SMILES string of the molecule is C=C[I-]c1ccc2c(-c3cnn4cc(-c5ccc(N6CCNCC6)cc5)cnc34)cc(Cl)nc2c1. The van der Waals surface area contributed by atoms with Crippen LogP contribution in [0.3, 0.4) is 0 Å². The second-order valence-electron chi connectivity index (χ2n) is 8.37. The molecule has 176 valence electrons. The van der Waals surface area contributed by atoms with Crippen LogP contribution in [-0.2, 0) is 0 Å². The van der Waals surface area contributed by atoms with Crippen molar-refractivity contribution >= 4 is 33.8 Å². The van der Waals surface area contributed by atoms with Crippen LogP contribution in [0.15, 0.2) is 77.8 Å². The first-order valence-corrected chi connectivity index (χ1v) is 14.1. The summed E-state index contributed by atoms with van der Waals surface area (Å²) in [7, 11) is 0. The molecule has 0 radical (unpaired) electrons. The van der Waals surface area contributed by atoms with Gasteiger partial charge in [0.2, 0.25) is 0 Å². The Labute approximate surface area is 218 Å². The zero-order chi connectivity index (χ0) is 23.8. The molecule has 8 heteroatoms. The molecule has 1 fully saturated rings. The minimum atomic E-state index is -0.226. The number of fused-ring (bicyclic) bond motifs is 2. The molecule has 0 saturated carbocycles. The number of piperazine rings is 1. The number of rotatable bonds is 5. The van der Waals surface area contributed by atoms with Crippen LogP contribution in [0, 0.1) is 3.57 Å². The Hall–Kier alpha value is -3.01. The first-order valence-electron chi connectivity index (χ1n) is 11.4. The molecule has 6 rings (SSSR count). The molecule has 0 spiro atoms. The van der Waals surface area contributed by atoms with Gasteiger partial charge in [-0.15, -0.1) is 0 Å². The monoisotopic (exact) mass is 593 g/mol. The number of aromatic nitrogens is 4. The number of nitrogens with one attached hydrogen (secondary N) is 1. The number of benzene rings is 2. The molecule has 1 aliphatic heterocycles. The zero-order valence-electron chi connectivity index (χ0n) is 19.0. The third-order valence-corrected chi connectivity index (χ3v) is 8.30. The van der Waals surface area contributed by atoms with Gasteiger partial charge in [-0.1, -0.05) is 0 Å². The zero-order valence-corrected chi connectivity index (χ0v) is 21.9. The van der Waals surface area contributed by atoms with Gasteiger partial charge in [0.25, 0.3) is 0 Å². The average Bonchev–Trinajstić information content (AvgIpc) is 3.32. The molecule has 2 aromatic carbocycles. The van der Waals surface area contributed by atoms with Crippen LogP contribution in [0.4, 0.5) is 5.69 Å². The van der Waals surface area contributed by atoms with E-state index in [4.69, 9.17) is 16.6 Å². The summed E-state index contributed by atoms with van der Waals surface area (Å²) >= 11 is 6.19. The minimum absolute atomic E-state index is 0.226. The third-order valence-electron chi connectivity index (χ3n) is 6.27. The summed E-state index contributed by atoms with van der Waals surface area (Å²) in [5.41, 5.74) is 6.99. The fourth-order valence-electron chi connectivity index (χ4n) is 4.55. The van der Waals surface area contributed by atoms with Gasteiger partial charge in [-0.2, -0.15) is 0 Å². The molecule has 5 aromatic rings. The van der Waals surface area contributed by atoms with Crippen LogP contribution in [0.2, 0.25) is 5.15 Å². The van der Waals surface area contributed by atoms with Gasteiger partial charge >= 0.3 is 166 Å². The molecule has 1 aliphatic rings. The van der Waals surface area contributed by atoms with E-state index in [0.29, 0.717) is 5.15 Å². The van der Waals surface area contributed by atoms with Crippen molar-refractivity contribution in [3.8, 4) is 22.3 Å². The summed E-state index contributed by atoms with van der Waals surface area (Å²) in [6.07, 6.45) is 5.80. The molecule has 4 heterocycles. The number of anilines is 1. The van der Waals surface area contributed by atoms with Crippen LogP contribution in [0.25, 0.3) is 38.8 Å². The van der Waals surface area contributed by atoms with Gasteiger partial charge in [0.1, 0.15) is 0 Å². The van der Waals surface area contributed by atoms with Crippen LogP contribution >= 0.6 is 11.6 Å². The van der Waals surface area contributed by atoms with Gasteiger partial charge in [-0.25, -0.2) is 0 Å². The molecule has 0 bridgehead atoms. The summed E-state index contributed by atoms with van der Waals surface area (Å²) in [5.74, 6) is 0. The summed E-state index contributed by atoms with van der Waals surface area (Å²) in [6, 6.07) is 17.0. The topological polar surface area (TPSA) is 58.4 Å². The van der Waals surface area contributed by atoms with Gasteiger partial charge in [0.05, 0.1) is 0 Å². The van der Waals surface area contributed by atoms with Crippen molar-refractivity contribution in [2.75, 3.05) is 31.1 Å². The Morgan fingerprint density at radius 2 is 1.80 bits per heavy atom. The van der Waals surface area contributed by atoms with E-state index in [0.717, 1.165) is 65.0 Å². The van der Waals surface area contributed by atoms with Crippen molar-refractivity contribution in [1.82, 2.24) is 24.9 Å². The van der Waals surface area contributed by atoms with E-state index in [9.17, 15) is 0 Å². The van der Waals surface area contributed by atoms with Gasteiger partial charge in [0, 0.05) is 31.9 Å². The third kappa shape index (κ3) is 4.39. The fraction of sp³-hybridized carbons (Fsp3) is 0.148. The molecule has 35 heavy (non-hydrogen) atoms. The average molecular weight is 594 g/mol. The number of halogens is 2. The Kier molecular flexibility index (Phi) is 6.13. The second kappa shape index (κ2) is 9.56. The standard InChI is InChI=1S/C27H23ClIN6/c1-2-29-20-5-8-22-23(14-26(28)33-25(22)13-20)24-16-32-35-17-19(15-31-27(24)35)18-3-6-21(7-4-18)34-11-9-30-10-12-34/h2-8,13-17,30H,1,9-12H2/q-1. The fourth-order valence-corrected chi connectivity index (χ4v) is 6.12. The maximum absolute atomic E-state index is 6.42. The normalized spacial score (nSPS) is 14.1. The Morgan fingerprint density at radius 3 is 2.60 bits per heavy atom. The first kappa shape index (κ1) is 22.5. The van der Waals surface area contributed by atoms with Gasteiger partial charge < -0.3 is 10.2 Å². The second-order valence-corrected chi connectivity index (χ2v) is 11.5. The molecule has 0 aliphatic carbocycles. The molecule has 6 nitrogen and oxygen atoms in total. The Morgan fingerprint density at radius 1 is 0.971 bits per heavy atom. The van der Waals surface area contributed by atoms with Crippen molar-refractivity contribution in [3.63, 3.8) is 0 Å². The predicted molar refractivity (Wildman–Crippen MR) is 138 cm³/mol. The number of hydrogen-bond donors (Lipinski definition) is 1. The summed E-state index contributed by atoms with van der Waals surface area (Å²) in [4.78, 5) is 11.8. The van der Waals surface area contributed by atoms with Crippen molar-refractivity contribution in [3.05, 3.63) is 86.5 Å². The van der Waals surface area contributed by atoms with Crippen LogP contribution in [0.1, 0.15) is 0 Å². The van der Waals surface area contributed by atoms with Crippen molar-refractivity contribution in [2.45, 2.75) is 0 Å². The molecule has 0 unspecified atom stereocenters. The van der Waals surface area contributed by atoms with E-state index in [-0.39, 0.29) is 21.2 Å². The summed E-state index contributed by atoms with van der Waals surface area (Å²) in [5, 5.41) is 9.52. The first-order chi connectivity index (χ1) is 17.2. The van der Waals surface area contributed by atoms with Crippen molar-refractivity contribution in [2.24, 2.45) is 0 Å². The van der Waals surface area contributed by atoms with Crippen LogP contribution in [0.5, 0.6) is 0 Å². The summed E-state index contributed by atoms with van der Waals surface area (Å²) < 4.78 is 5.10.